The van der Waals surface area contributed by atoms with Crippen LogP contribution in [0.5, 0.6) is 5.75 Å². The second-order valence-electron chi connectivity index (χ2n) is 8.74. The Hall–Kier alpha value is -2.71. The first-order valence-corrected chi connectivity index (χ1v) is 13.9. The lowest BCUT2D eigenvalue weighted by molar-refractivity contribution is -0.142. The molecule has 1 aliphatic heterocycles. The number of nitrogens with zero attached hydrogens (tertiary/aromatic N) is 3. The Morgan fingerprint density at radius 3 is 2.78 bits per heavy atom. The molecule has 4 N–H and O–H groups in total. The van der Waals surface area contributed by atoms with Crippen LogP contribution in [0.1, 0.15) is 25.9 Å². The number of fused-ring (bicyclic) bond motifs is 1. The number of nitrogens with one attached hydrogen (secondary N) is 2. The lowest BCUT2D eigenvalue weighted by Crippen LogP contribution is -2.44. The Morgan fingerprint density at radius 1 is 1.41 bits per heavy atom. The number of aromatic nitrogens is 4. The van der Waals surface area contributed by atoms with Gasteiger partial charge in [0.25, 0.3) is 5.56 Å². The van der Waals surface area contributed by atoms with Crippen molar-refractivity contribution in [3.63, 3.8) is 0 Å². The zero-order valence-corrected chi connectivity index (χ0v) is 22.2. The molecule has 6 atom stereocenters. The topological polar surface area (TPSA) is 170 Å². The monoisotopic (exact) mass is 553 g/mol. The zero-order chi connectivity index (χ0) is 27.0. The third-order valence-corrected chi connectivity index (χ3v) is 8.34. The molecule has 1 fully saturated rings. The van der Waals surface area contributed by atoms with Crippen molar-refractivity contribution in [2.75, 3.05) is 13.7 Å². The van der Waals surface area contributed by atoms with Crippen LogP contribution in [0.2, 0.25) is 0 Å². The third-order valence-electron chi connectivity index (χ3n) is 5.84. The average Bonchev–Trinajstić information content (AvgIpc) is 3.36. The number of carbonyl (C=O) groups excluding carboxylic acids is 1. The van der Waals surface area contributed by atoms with Gasteiger partial charge in [0.1, 0.15) is 35.4 Å². The molecule has 4 rings (SSSR count). The summed E-state index contributed by atoms with van der Waals surface area (Å²) in [6, 6.07) is 7.81. The summed E-state index contributed by atoms with van der Waals surface area (Å²) in [5.74, 6) is 0.186. The molecule has 3 heterocycles. The second kappa shape index (κ2) is 10.6. The van der Waals surface area contributed by atoms with Crippen LogP contribution in [0.15, 0.2) is 41.5 Å². The van der Waals surface area contributed by atoms with E-state index in [0.29, 0.717) is 11.6 Å². The summed E-state index contributed by atoms with van der Waals surface area (Å²) >= 11 is 5.64. The van der Waals surface area contributed by atoms with Crippen molar-refractivity contribution >= 4 is 35.6 Å². The fraction of sp³-hybridized carbons (Fsp3) is 0.455. The van der Waals surface area contributed by atoms with E-state index in [-0.39, 0.29) is 17.8 Å². The van der Waals surface area contributed by atoms with Gasteiger partial charge < -0.3 is 33.7 Å². The van der Waals surface area contributed by atoms with E-state index in [1.54, 1.807) is 44.2 Å². The molecule has 37 heavy (non-hydrogen) atoms. The van der Waals surface area contributed by atoms with Crippen molar-refractivity contribution in [3.8, 4) is 5.75 Å². The Labute approximate surface area is 217 Å². The summed E-state index contributed by atoms with van der Waals surface area (Å²) in [5, 5.41) is 25.0. The number of para-hydroxylation sites is 1. The second-order valence-corrected chi connectivity index (χ2v) is 11.9. The normalized spacial score (nSPS) is 26.1. The maximum atomic E-state index is 12.2. The standard InChI is InChI=1S/C22H28N5O8PS/c1-12(20(30)32-4)26-36(37,35-14-8-6-5-7-9-14)33-10-15-17(28)22(3,31)21(34-15)27-11-23-16-18(27)24-13(2)25-19(16)29/h5-9,11-12,15,17,21,28,31H,10H2,1-4H3,(H,26,37)(H,24,25,29)/t12?,15-,17-,21-,22-,36?/m1/s1. The number of aliphatic hydroxyl groups is 2. The number of imidazole rings is 1. The molecular weight excluding hydrogens is 525 g/mol. The van der Waals surface area contributed by atoms with E-state index >= 15 is 0 Å². The predicted octanol–water partition coefficient (Wildman–Crippen LogP) is 0.909. The van der Waals surface area contributed by atoms with Crippen LogP contribution in [0, 0.1) is 6.92 Å². The number of rotatable bonds is 9. The maximum absolute atomic E-state index is 12.2. The first-order valence-electron chi connectivity index (χ1n) is 11.3. The molecule has 2 aromatic heterocycles. The minimum Gasteiger partial charge on any atom is -0.468 e. The minimum atomic E-state index is -3.38. The van der Waals surface area contributed by atoms with Gasteiger partial charge in [0.2, 0.25) is 0 Å². The lowest BCUT2D eigenvalue weighted by atomic mass is 9.96. The van der Waals surface area contributed by atoms with Crippen LogP contribution < -0.4 is 15.2 Å². The van der Waals surface area contributed by atoms with E-state index in [9.17, 15) is 19.8 Å². The van der Waals surface area contributed by atoms with Crippen molar-refractivity contribution in [1.29, 1.82) is 0 Å². The number of esters is 1. The molecule has 3 aromatic rings. The molecule has 0 radical (unpaired) electrons. The van der Waals surface area contributed by atoms with Crippen molar-refractivity contribution in [2.45, 2.75) is 50.8 Å². The van der Waals surface area contributed by atoms with Gasteiger partial charge in [0.05, 0.1) is 20.0 Å². The smallest absolute Gasteiger partial charge is 0.323 e. The molecule has 0 aliphatic carbocycles. The maximum Gasteiger partial charge on any atom is 0.323 e. The van der Waals surface area contributed by atoms with Gasteiger partial charge in [0.15, 0.2) is 17.4 Å². The van der Waals surface area contributed by atoms with Crippen LogP contribution in [-0.4, -0.2) is 73.3 Å². The number of aromatic amines is 1. The quantitative estimate of drug-likeness (QED) is 0.219. The number of aryl methyl sites for hydroxylation is 1. The highest BCUT2D eigenvalue weighted by molar-refractivity contribution is 8.09. The van der Waals surface area contributed by atoms with Crippen LogP contribution in [0.3, 0.4) is 0 Å². The summed E-state index contributed by atoms with van der Waals surface area (Å²) in [5.41, 5.74) is -2.00. The van der Waals surface area contributed by atoms with Crippen LogP contribution in [0.4, 0.5) is 0 Å². The minimum absolute atomic E-state index is 0.0620. The molecule has 0 bridgehead atoms. The number of methoxy groups -OCH3 is 1. The third kappa shape index (κ3) is 5.60. The van der Waals surface area contributed by atoms with Crippen molar-refractivity contribution < 1.29 is 33.5 Å². The van der Waals surface area contributed by atoms with Gasteiger partial charge in [-0.25, -0.2) is 15.1 Å². The molecule has 2 unspecified atom stereocenters. The molecule has 13 nitrogen and oxygen atoms in total. The fourth-order valence-electron chi connectivity index (χ4n) is 3.93. The summed E-state index contributed by atoms with van der Waals surface area (Å²) in [6.07, 6.45) is -2.32. The summed E-state index contributed by atoms with van der Waals surface area (Å²) < 4.78 is 24.0. The van der Waals surface area contributed by atoms with E-state index in [1.165, 1.54) is 24.9 Å². The van der Waals surface area contributed by atoms with E-state index < -0.39 is 48.2 Å². The number of hydrogen-bond acceptors (Lipinski definition) is 11. The number of aliphatic hydroxyl groups excluding tert-OH is 1. The number of hydrogen-bond donors (Lipinski definition) is 4. The van der Waals surface area contributed by atoms with Crippen molar-refractivity contribution in [3.05, 3.63) is 52.8 Å². The SMILES string of the molecule is COC(=O)C(C)NP(=S)(OC[C@H]1O[C@@H](n2cnc3c(=O)[nH]c(C)nc32)[C@](C)(O)[C@@H]1O)Oc1ccccc1. The summed E-state index contributed by atoms with van der Waals surface area (Å²) in [7, 11) is 1.25. The molecule has 1 aliphatic rings. The Morgan fingerprint density at radius 2 is 2.11 bits per heavy atom. The van der Waals surface area contributed by atoms with Gasteiger partial charge in [-0.3, -0.25) is 14.2 Å². The van der Waals surface area contributed by atoms with Crippen LogP contribution in [-0.2, 0) is 30.6 Å². The van der Waals surface area contributed by atoms with Gasteiger partial charge in [-0.1, -0.05) is 18.2 Å². The molecule has 1 saturated heterocycles. The Kier molecular flexibility index (Phi) is 7.81. The lowest BCUT2D eigenvalue weighted by Gasteiger charge is -2.28. The average molecular weight is 554 g/mol. The summed E-state index contributed by atoms with van der Waals surface area (Å²) in [6.45, 7) is 0.873. The molecule has 15 heteroatoms. The first-order chi connectivity index (χ1) is 17.4. The molecule has 1 aromatic carbocycles. The molecule has 0 amide bonds. The van der Waals surface area contributed by atoms with Crippen LogP contribution in [0.25, 0.3) is 11.2 Å². The van der Waals surface area contributed by atoms with E-state index in [0.717, 1.165) is 0 Å². The zero-order valence-electron chi connectivity index (χ0n) is 20.5. The van der Waals surface area contributed by atoms with Gasteiger partial charge in [-0.05, 0) is 44.7 Å². The number of ether oxygens (including phenoxy) is 2. The van der Waals surface area contributed by atoms with E-state index in [4.69, 9.17) is 30.3 Å². The van der Waals surface area contributed by atoms with Gasteiger partial charge in [-0.2, -0.15) is 0 Å². The largest absolute Gasteiger partial charge is 0.468 e. The predicted molar refractivity (Wildman–Crippen MR) is 135 cm³/mol. The highest BCUT2D eigenvalue weighted by Crippen LogP contribution is 2.47. The van der Waals surface area contributed by atoms with E-state index in [1.807, 2.05) is 0 Å². The number of benzene rings is 1. The van der Waals surface area contributed by atoms with Gasteiger partial charge >= 0.3 is 12.6 Å². The fourth-order valence-corrected chi connectivity index (χ4v) is 6.35. The highest BCUT2D eigenvalue weighted by atomic mass is 32.5. The van der Waals surface area contributed by atoms with Crippen molar-refractivity contribution in [2.24, 2.45) is 0 Å². The van der Waals surface area contributed by atoms with Crippen LogP contribution >= 0.6 is 6.64 Å². The van der Waals surface area contributed by atoms with Gasteiger partial charge in [0, 0.05) is 0 Å². The van der Waals surface area contributed by atoms with E-state index in [2.05, 4.69) is 20.0 Å². The highest BCUT2D eigenvalue weighted by Gasteiger charge is 2.54. The first kappa shape index (κ1) is 27.3. The van der Waals surface area contributed by atoms with Gasteiger partial charge in [-0.15, -0.1) is 0 Å². The summed E-state index contributed by atoms with van der Waals surface area (Å²) in [4.78, 5) is 35.2. The molecule has 0 spiro atoms. The molecule has 200 valence electrons. The van der Waals surface area contributed by atoms with Crippen molar-refractivity contribution in [1.82, 2.24) is 24.6 Å². The molecule has 0 saturated carbocycles. The number of carbonyl (C=O) groups is 1. The Bertz CT molecular complexity index is 1380. The Balaban J connectivity index is 1.57. The molecular formula is C22H28N5O8PS. The number of H-pyrrole nitrogens is 1.